The molecule has 6 rings (SSSR count). The maximum atomic E-state index is 13.2. The number of benzene rings is 2. The summed E-state index contributed by atoms with van der Waals surface area (Å²) in [5.74, 6) is 2.36. The van der Waals surface area contributed by atoms with Gasteiger partial charge in [0.25, 0.3) is 0 Å². The van der Waals surface area contributed by atoms with Crippen LogP contribution < -0.4 is 9.62 Å². The van der Waals surface area contributed by atoms with Crippen LogP contribution >= 0.6 is 0 Å². The van der Waals surface area contributed by atoms with E-state index in [-0.39, 0.29) is 5.91 Å². The number of para-hydroxylation sites is 1. The third-order valence-electron chi connectivity index (χ3n) is 8.14. The van der Waals surface area contributed by atoms with E-state index in [1.807, 2.05) is 25.1 Å². The van der Waals surface area contributed by atoms with Gasteiger partial charge in [0.05, 0.1) is 11.9 Å². The monoisotopic (exact) mass is 466 g/mol. The highest BCUT2D eigenvalue weighted by Crippen LogP contribution is 2.60. The van der Waals surface area contributed by atoms with Crippen LogP contribution in [0.2, 0.25) is 0 Å². The zero-order valence-corrected chi connectivity index (χ0v) is 20.4. The van der Waals surface area contributed by atoms with E-state index in [0.717, 1.165) is 24.0 Å². The Morgan fingerprint density at radius 2 is 1.52 bits per heavy atom. The predicted molar refractivity (Wildman–Crippen MR) is 133 cm³/mol. The van der Waals surface area contributed by atoms with Gasteiger partial charge >= 0.3 is 0 Å². The quantitative estimate of drug-likeness (QED) is 0.599. The average Bonchev–Trinajstić information content (AvgIpc) is 2.76. The summed E-state index contributed by atoms with van der Waals surface area (Å²) in [6.07, 6.45) is 9.71. The first-order valence-electron chi connectivity index (χ1n) is 12.2. The van der Waals surface area contributed by atoms with E-state index >= 15 is 0 Å². The largest absolute Gasteiger partial charge is 0.324 e. The number of amides is 1. The van der Waals surface area contributed by atoms with Crippen LogP contribution in [0.4, 0.5) is 11.4 Å². The highest BCUT2D eigenvalue weighted by atomic mass is 32.2. The normalized spacial score (nSPS) is 29.0. The zero-order valence-electron chi connectivity index (χ0n) is 19.5. The fraction of sp³-hybridized carbons (Fsp3) is 0.519. The van der Waals surface area contributed by atoms with Crippen LogP contribution in [-0.2, 0) is 20.2 Å². The fourth-order valence-electron chi connectivity index (χ4n) is 7.23. The van der Waals surface area contributed by atoms with Crippen LogP contribution in [0.3, 0.4) is 0 Å². The molecule has 0 heterocycles. The van der Waals surface area contributed by atoms with Crippen LogP contribution in [0.1, 0.15) is 57.4 Å². The van der Waals surface area contributed by atoms with E-state index in [4.69, 9.17) is 0 Å². The SMILES string of the molecule is CC[C@H](C(=O)Nc1ccc(C23CC4CC(CC(C4)C2)C3)cc1)N(c1ccccc1)S(C)(=O)=O. The Kier molecular flexibility index (Phi) is 5.76. The number of rotatable bonds is 7. The lowest BCUT2D eigenvalue weighted by molar-refractivity contribution is -0.117. The molecule has 33 heavy (non-hydrogen) atoms. The zero-order chi connectivity index (χ0) is 23.2. The molecule has 1 atom stereocenters. The van der Waals surface area contributed by atoms with Crippen molar-refractivity contribution in [2.24, 2.45) is 17.8 Å². The van der Waals surface area contributed by atoms with Crippen LogP contribution in [0.15, 0.2) is 54.6 Å². The third-order valence-corrected chi connectivity index (χ3v) is 9.32. The number of carbonyl (C=O) groups is 1. The van der Waals surface area contributed by atoms with E-state index in [0.29, 0.717) is 23.2 Å². The van der Waals surface area contributed by atoms with Gasteiger partial charge in [-0.15, -0.1) is 0 Å². The van der Waals surface area contributed by atoms with Gasteiger partial charge in [-0.05, 0) is 97.9 Å². The maximum absolute atomic E-state index is 13.2. The minimum Gasteiger partial charge on any atom is -0.324 e. The van der Waals surface area contributed by atoms with Gasteiger partial charge in [0.1, 0.15) is 6.04 Å². The van der Waals surface area contributed by atoms with Crippen LogP contribution in [-0.4, -0.2) is 26.6 Å². The predicted octanol–water partition coefficient (Wildman–Crippen LogP) is 5.34. The van der Waals surface area contributed by atoms with E-state index in [1.54, 1.807) is 24.3 Å². The van der Waals surface area contributed by atoms with Crippen molar-refractivity contribution >= 4 is 27.3 Å². The molecule has 1 amide bonds. The number of hydrogen-bond acceptors (Lipinski definition) is 3. The molecule has 0 saturated heterocycles. The first-order chi connectivity index (χ1) is 15.8. The summed E-state index contributed by atoms with van der Waals surface area (Å²) in [5.41, 5.74) is 2.95. The number of hydrogen-bond donors (Lipinski definition) is 1. The molecule has 1 N–H and O–H groups in total. The Labute approximate surface area is 197 Å². The molecule has 0 aliphatic heterocycles. The molecule has 4 saturated carbocycles. The molecule has 6 heteroatoms. The van der Waals surface area contributed by atoms with Gasteiger partial charge in [0.15, 0.2) is 0 Å². The van der Waals surface area contributed by atoms with E-state index in [9.17, 15) is 13.2 Å². The number of nitrogens with one attached hydrogen (secondary N) is 1. The molecule has 4 aliphatic rings. The fourth-order valence-corrected chi connectivity index (χ4v) is 8.44. The smallest absolute Gasteiger partial charge is 0.248 e. The summed E-state index contributed by atoms with van der Waals surface area (Å²) in [6, 6.07) is 16.4. The lowest BCUT2D eigenvalue weighted by atomic mass is 9.48. The van der Waals surface area contributed by atoms with Gasteiger partial charge in [-0.2, -0.15) is 0 Å². The lowest BCUT2D eigenvalue weighted by Gasteiger charge is -2.57. The lowest BCUT2D eigenvalue weighted by Crippen LogP contribution is -2.48. The van der Waals surface area contributed by atoms with Crippen molar-refractivity contribution in [3.63, 3.8) is 0 Å². The summed E-state index contributed by atoms with van der Waals surface area (Å²) < 4.78 is 26.4. The minimum atomic E-state index is -3.63. The molecule has 176 valence electrons. The molecule has 0 spiro atoms. The second-order valence-electron chi connectivity index (χ2n) is 10.6. The Balaban J connectivity index is 1.34. The Morgan fingerprint density at radius 1 is 0.970 bits per heavy atom. The molecule has 0 radical (unpaired) electrons. The van der Waals surface area contributed by atoms with Crippen molar-refractivity contribution in [2.75, 3.05) is 15.9 Å². The summed E-state index contributed by atoms with van der Waals surface area (Å²) in [5, 5.41) is 2.97. The molecule has 4 aliphatic carbocycles. The first kappa shape index (κ1) is 22.5. The second-order valence-corrected chi connectivity index (χ2v) is 12.4. The van der Waals surface area contributed by atoms with Crippen molar-refractivity contribution in [1.82, 2.24) is 0 Å². The molecule has 0 aromatic heterocycles. The van der Waals surface area contributed by atoms with Crippen molar-refractivity contribution in [1.29, 1.82) is 0 Å². The van der Waals surface area contributed by atoms with Crippen molar-refractivity contribution in [3.8, 4) is 0 Å². The number of carbonyl (C=O) groups excluding carboxylic acids is 1. The van der Waals surface area contributed by atoms with Gasteiger partial charge in [0, 0.05) is 5.69 Å². The molecule has 0 unspecified atom stereocenters. The second kappa shape index (κ2) is 8.46. The molecule has 2 aromatic rings. The molecule has 4 fully saturated rings. The number of sulfonamides is 1. The Morgan fingerprint density at radius 3 is 2.00 bits per heavy atom. The third kappa shape index (κ3) is 4.30. The van der Waals surface area contributed by atoms with Crippen molar-refractivity contribution in [3.05, 3.63) is 60.2 Å². The van der Waals surface area contributed by atoms with Crippen LogP contribution in [0.5, 0.6) is 0 Å². The van der Waals surface area contributed by atoms with Gasteiger partial charge < -0.3 is 5.32 Å². The van der Waals surface area contributed by atoms with Gasteiger partial charge in [-0.3, -0.25) is 9.10 Å². The van der Waals surface area contributed by atoms with Crippen LogP contribution in [0, 0.1) is 17.8 Å². The highest BCUT2D eigenvalue weighted by molar-refractivity contribution is 7.92. The van der Waals surface area contributed by atoms with Crippen molar-refractivity contribution in [2.45, 2.75) is 63.3 Å². The highest BCUT2D eigenvalue weighted by Gasteiger charge is 2.51. The van der Waals surface area contributed by atoms with Gasteiger partial charge in [-0.25, -0.2) is 8.42 Å². The topological polar surface area (TPSA) is 66.5 Å². The van der Waals surface area contributed by atoms with E-state index < -0.39 is 16.1 Å². The first-order valence-corrected chi connectivity index (χ1v) is 14.1. The molecular weight excluding hydrogens is 432 g/mol. The van der Waals surface area contributed by atoms with Crippen LogP contribution in [0.25, 0.3) is 0 Å². The molecule has 2 aromatic carbocycles. The standard InChI is InChI=1S/C27H34N2O3S/c1-3-25(29(33(2,31)32)24-7-5-4-6-8-24)26(30)28-23-11-9-22(10-12-23)27-16-19-13-20(17-27)15-21(14-19)18-27/h4-12,19-21,25H,3,13-18H2,1-2H3,(H,28,30)/t19?,20?,21?,25-,27?/m1/s1. The summed E-state index contributed by atoms with van der Waals surface area (Å²) in [4.78, 5) is 13.2. The van der Waals surface area contributed by atoms with Gasteiger partial charge in [-0.1, -0.05) is 37.3 Å². The molecule has 4 bridgehead atoms. The minimum absolute atomic E-state index is 0.311. The maximum Gasteiger partial charge on any atom is 0.248 e. The van der Waals surface area contributed by atoms with Gasteiger partial charge in [0.2, 0.25) is 15.9 Å². The summed E-state index contributed by atoms with van der Waals surface area (Å²) in [7, 11) is -3.63. The van der Waals surface area contributed by atoms with E-state index in [1.165, 1.54) is 48.4 Å². The Bertz CT molecular complexity index is 1080. The summed E-state index contributed by atoms with van der Waals surface area (Å²) >= 11 is 0. The number of nitrogens with zero attached hydrogens (tertiary/aromatic N) is 1. The average molecular weight is 467 g/mol. The van der Waals surface area contributed by atoms with E-state index in [2.05, 4.69) is 17.4 Å². The molecular formula is C27H34N2O3S. The van der Waals surface area contributed by atoms with Crippen molar-refractivity contribution < 1.29 is 13.2 Å². The number of anilines is 2. The Hall–Kier alpha value is -2.34. The summed E-state index contributed by atoms with van der Waals surface area (Å²) in [6.45, 7) is 1.83. The molecule has 5 nitrogen and oxygen atoms in total.